The van der Waals surface area contributed by atoms with Crippen LogP contribution in [0.3, 0.4) is 0 Å². The van der Waals surface area contributed by atoms with Gasteiger partial charge in [0.1, 0.15) is 11.8 Å². The lowest BCUT2D eigenvalue weighted by atomic mass is 10.0. The number of hydrogen-bond donors (Lipinski definition) is 2. The van der Waals surface area contributed by atoms with Crippen molar-refractivity contribution in [1.29, 1.82) is 0 Å². The molecule has 118 valence electrons. The highest BCUT2D eigenvalue weighted by Crippen LogP contribution is 2.07. The number of amides is 2. The second kappa shape index (κ2) is 9.21. The van der Waals surface area contributed by atoms with Crippen LogP contribution in [0.1, 0.15) is 52.2 Å². The van der Waals surface area contributed by atoms with Gasteiger partial charge in [-0.05, 0) is 30.9 Å². The maximum Gasteiger partial charge on any atom is 0.242 e. The Bertz CT molecular complexity index is 427. The molecule has 0 spiro atoms. The van der Waals surface area contributed by atoms with Crippen molar-refractivity contribution in [2.24, 2.45) is 5.92 Å². The van der Waals surface area contributed by atoms with Crippen molar-refractivity contribution in [3.8, 4) is 0 Å². The van der Waals surface area contributed by atoms with Crippen molar-refractivity contribution in [3.63, 3.8) is 0 Å². The second-order valence-electron chi connectivity index (χ2n) is 5.65. The largest absolute Gasteiger partial charge is 0.467 e. The summed E-state index contributed by atoms with van der Waals surface area (Å²) in [5, 5.41) is 5.64. The summed E-state index contributed by atoms with van der Waals surface area (Å²) in [6.45, 7) is 6.44. The number of unbranched alkanes of at least 4 members (excludes halogenated alkanes) is 1. The van der Waals surface area contributed by atoms with E-state index in [0.29, 0.717) is 31.1 Å². The topological polar surface area (TPSA) is 71.3 Å². The molecule has 0 saturated heterocycles. The molecule has 1 atom stereocenters. The SMILES string of the molecule is CCCCC(=O)N[C@H](CC(C)C)C(=O)NCc1ccco1. The van der Waals surface area contributed by atoms with Gasteiger partial charge in [0, 0.05) is 6.42 Å². The Labute approximate surface area is 126 Å². The molecule has 5 nitrogen and oxygen atoms in total. The fourth-order valence-electron chi connectivity index (χ4n) is 2.02. The van der Waals surface area contributed by atoms with Crippen molar-refractivity contribution in [3.05, 3.63) is 24.2 Å². The van der Waals surface area contributed by atoms with Crippen LogP contribution in [0.2, 0.25) is 0 Å². The fraction of sp³-hybridized carbons (Fsp3) is 0.625. The van der Waals surface area contributed by atoms with E-state index in [9.17, 15) is 9.59 Å². The Balaban J connectivity index is 2.50. The number of carbonyl (C=O) groups excluding carboxylic acids is 2. The quantitative estimate of drug-likeness (QED) is 0.735. The summed E-state index contributed by atoms with van der Waals surface area (Å²) in [6, 6.07) is 3.10. The second-order valence-corrected chi connectivity index (χ2v) is 5.65. The lowest BCUT2D eigenvalue weighted by molar-refractivity contribution is -0.129. The zero-order chi connectivity index (χ0) is 15.7. The monoisotopic (exact) mass is 294 g/mol. The maximum atomic E-state index is 12.2. The molecule has 0 aliphatic rings. The molecule has 0 unspecified atom stereocenters. The zero-order valence-corrected chi connectivity index (χ0v) is 13.1. The molecule has 1 heterocycles. The standard InChI is InChI=1S/C16H26N2O3/c1-4-5-8-15(19)18-14(10-12(2)3)16(20)17-11-13-7-6-9-21-13/h6-7,9,12,14H,4-5,8,10-11H2,1-3H3,(H,17,20)(H,18,19)/t14-/m1/s1. The Morgan fingerprint density at radius 1 is 1.33 bits per heavy atom. The van der Waals surface area contributed by atoms with E-state index in [4.69, 9.17) is 4.42 Å². The highest BCUT2D eigenvalue weighted by atomic mass is 16.3. The number of hydrogen-bond acceptors (Lipinski definition) is 3. The molecule has 2 amide bonds. The third-order valence-electron chi connectivity index (χ3n) is 3.13. The minimum Gasteiger partial charge on any atom is -0.467 e. The first-order chi connectivity index (χ1) is 10.0. The zero-order valence-electron chi connectivity index (χ0n) is 13.1. The summed E-state index contributed by atoms with van der Waals surface area (Å²) in [6.07, 6.45) is 4.47. The van der Waals surface area contributed by atoms with E-state index in [2.05, 4.69) is 10.6 Å². The molecule has 2 N–H and O–H groups in total. The molecule has 0 aliphatic carbocycles. The van der Waals surface area contributed by atoms with Crippen molar-refractivity contribution in [1.82, 2.24) is 10.6 Å². The fourth-order valence-corrected chi connectivity index (χ4v) is 2.02. The van der Waals surface area contributed by atoms with E-state index in [1.807, 2.05) is 20.8 Å². The summed E-state index contributed by atoms with van der Waals surface area (Å²) in [4.78, 5) is 24.0. The minimum atomic E-state index is -0.482. The third-order valence-corrected chi connectivity index (χ3v) is 3.13. The number of furan rings is 1. The molecule has 0 bridgehead atoms. The summed E-state index contributed by atoms with van der Waals surface area (Å²) in [5.41, 5.74) is 0. The van der Waals surface area contributed by atoms with Gasteiger partial charge in [0.15, 0.2) is 0 Å². The van der Waals surface area contributed by atoms with Crippen LogP contribution in [-0.4, -0.2) is 17.9 Å². The summed E-state index contributed by atoms with van der Waals surface area (Å²) >= 11 is 0. The average Bonchev–Trinajstić information content (AvgIpc) is 2.94. The third kappa shape index (κ3) is 6.97. The first-order valence-corrected chi connectivity index (χ1v) is 7.62. The van der Waals surface area contributed by atoms with E-state index in [-0.39, 0.29) is 11.8 Å². The summed E-state index contributed by atoms with van der Waals surface area (Å²) in [7, 11) is 0. The van der Waals surface area contributed by atoms with Gasteiger partial charge in [0.05, 0.1) is 12.8 Å². The molecule has 1 aromatic rings. The van der Waals surface area contributed by atoms with E-state index in [1.54, 1.807) is 18.4 Å². The van der Waals surface area contributed by atoms with Gasteiger partial charge in [0.25, 0.3) is 0 Å². The van der Waals surface area contributed by atoms with Gasteiger partial charge in [-0.2, -0.15) is 0 Å². The molecular weight excluding hydrogens is 268 g/mol. The van der Waals surface area contributed by atoms with Crippen LogP contribution in [0.4, 0.5) is 0 Å². The normalized spacial score (nSPS) is 12.2. The molecule has 1 rings (SSSR count). The minimum absolute atomic E-state index is 0.0596. The van der Waals surface area contributed by atoms with Crippen LogP contribution < -0.4 is 10.6 Å². The molecule has 0 aliphatic heterocycles. The van der Waals surface area contributed by atoms with E-state index >= 15 is 0 Å². The smallest absolute Gasteiger partial charge is 0.242 e. The molecule has 0 radical (unpaired) electrons. The average molecular weight is 294 g/mol. The number of nitrogens with one attached hydrogen (secondary N) is 2. The van der Waals surface area contributed by atoms with Gasteiger partial charge in [-0.3, -0.25) is 9.59 Å². The van der Waals surface area contributed by atoms with Gasteiger partial charge in [0.2, 0.25) is 11.8 Å². The van der Waals surface area contributed by atoms with Gasteiger partial charge in [-0.25, -0.2) is 0 Å². The van der Waals surface area contributed by atoms with Gasteiger partial charge >= 0.3 is 0 Å². The van der Waals surface area contributed by atoms with Crippen LogP contribution >= 0.6 is 0 Å². The lowest BCUT2D eigenvalue weighted by Gasteiger charge is -2.20. The highest BCUT2D eigenvalue weighted by molar-refractivity contribution is 5.87. The molecule has 21 heavy (non-hydrogen) atoms. The molecule has 1 aromatic heterocycles. The number of carbonyl (C=O) groups is 2. The van der Waals surface area contributed by atoms with Crippen molar-refractivity contribution < 1.29 is 14.0 Å². The highest BCUT2D eigenvalue weighted by Gasteiger charge is 2.21. The maximum absolute atomic E-state index is 12.2. The molecule has 0 fully saturated rings. The first kappa shape index (κ1) is 17.3. The number of rotatable bonds is 9. The van der Waals surface area contributed by atoms with Crippen LogP contribution in [0.5, 0.6) is 0 Å². The van der Waals surface area contributed by atoms with E-state index in [0.717, 1.165) is 12.8 Å². The van der Waals surface area contributed by atoms with Crippen molar-refractivity contribution >= 4 is 11.8 Å². The molecule has 5 heteroatoms. The van der Waals surface area contributed by atoms with E-state index in [1.165, 1.54) is 0 Å². The molecule has 0 saturated carbocycles. The summed E-state index contributed by atoms with van der Waals surface area (Å²) < 4.78 is 5.18. The Hall–Kier alpha value is -1.78. The van der Waals surface area contributed by atoms with Crippen LogP contribution in [0.25, 0.3) is 0 Å². The van der Waals surface area contributed by atoms with Gasteiger partial charge in [-0.15, -0.1) is 0 Å². The Morgan fingerprint density at radius 2 is 2.10 bits per heavy atom. The van der Waals surface area contributed by atoms with Crippen LogP contribution in [-0.2, 0) is 16.1 Å². The molecule has 0 aromatic carbocycles. The Morgan fingerprint density at radius 3 is 2.67 bits per heavy atom. The lowest BCUT2D eigenvalue weighted by Crippen LogP contribution is -2.47. The predicted molar refractivity (Wildman–Crippen MR) is 81.5 cm³/mol. The van der Waals surface area contributed by atoms with Crippen LogP contribution in [0.15, 0.2) is 22.8 Å². The predicted octanol–water partition coefficient (Wildman–Crippen LogP) is 2.62. The van der Waals surface area contributed by atoms with Gasteiger partial charge in [-0.1, -0.05) is 27.2 Å². The Kier molecular flexibility index (Phi) is 7.58. The van der Waals surface area contributed by atoms with Crippen molar-refractivity contribution in [2.75, 3.05) is 0 Å². The van der Waals surface area contributed by atoms with Gasteiger partial charge < -0.3 is 15.1 Å². The van der Waals surface area contributed by atoms with E-state index < -0.39 is 6.04 Å². The summed E-state index contributed by atoms with van der Waals surface area (Å²) in [5.74, 6) is 0.806. The first-order valence-electron chi connectivity index (χ1n) is 7.62. The van der Waals surface area contributed by atoms with Crippen molar-refractivity contribution in [2.45, 2.75) is 59.0 Å². The van der Waals surface area contributed by atoms with Crippen LogP contribution in [0, 0.1) is 5.92 Å². The molecular formula is C16H26N2O3.